The summed E-state index contributed by atoms with van der Waals surface area (Å²) in [5.41, 5.74) is 0.632. The Morgan fingerprint density at radius 2 is 2.04 bits per heavy atom. The van der Waals surface area contributed by atoms with Gasteiger partial charge < -0.3 is 20.3 Å². The molecule has 0 radical (unpaired) electrons. The number of unbranched alkanes of at least 4 members (excludes halogenated alkanes) is 2. The first kappa shape index (κ1) is 22.9. The van der Waals surface area contributed by atoms with Gasteiger partial charge in [0.05, 0.1) is 6.42 Å². The third kappa shape index (κ3) is 9.92. The van der Waals surface area contributed by atoms with Crippen molar-refractivity contribution in [3.05, 3.63) is 29.8 Å². The van der Waals surface area contributed by atoms with Crippen LogP contribution in [0.5, 0.6) is 11.5 Å². The van der Waals surface area contributed by atoms with E-state index in [-0.39, 0.29) is 29.5 Å². The highest BCUT2D eigenvalue weighted by molar-refractivity contribution is 6.06. The number of aromatic hydroxyl groups is 1. The molecule has 27 heavy (non-hydrogen) atoms. The van der Waals surface area contributed by atoms with E-state index < -0.39 is 6.79 Å². The summed E-state index contributed by atoms with van der Waals surface area (Å²) in [5, 5.41) is 21.5. The smallest absolute Gasteiger partial charge is 0.186 e. The van der Waals surface area contributed by atoms with Gasteiger partial charge in [-0.1, -0.05) is 31.9 Å². The monoisotopic (exact) mass is 377 g/mol. The molecule has 6 heteroatoms. The minimum absolute atomic E-state index is 0.0390. The van der Waals surface area contributed by atoms with Crippen LogP contribution < -0.4 is 10.1 Å². The van der Waals surface area contributed by atoms with Crippen LogP contribution in [0.2, 0.25) is 0 Å². The van der Waals surface area contributed by atoms with Crippen LogP contribution in [-0.2, 0) is 9.59 Å². The molecular formula is C21H31NO5. The summed E-state index contributed by atoms with van der Waals surface area (Å²) in [5.74, 6) is 0.388. The van der Waals surface area contributed by atoms with E-state index in [0.29, 0.717) is 17.9 Å². The average Bonchev–Trinajstić information content (AvgIpc) is 2.62. The summed E-state index contributed by atoms with van der Waals surface area (Å²) in [7, 11) is 1.95. The van der Waals surface area contributed by atoms with Gasteiger partial charge in [0.1, 0.15) is 5.78 Å². The number of aliphatic hydroxyl groups excluding tert-OH is 1. The molecule has 0 heterocycles. The number of nitrogens with one attached hydrogen (secondary N) is 1. The van der Waals surface area contributed by atoms with Gasteiger partial charge in [0.25, 0.3) is 0 Å². The van der Waals surface area contributed by atoms with Gasteiger partial charge >= 0.3 is 0 Å². The molecule has 0 aliphatic heterocycles. The van der Waals surface area contributed by atoms with Gasteiger partial charge in [-0.25, -0.2) is 0 Å². The summed E-state index contributed by atoms with van der Waals surface area (Å²) in [6, 6.07) is 4.53. The van der Waals surface area contributed by atoms with Crippen molar-refractivity contribution in [1.82, 2.24) is 5.32 Å². The van der Waals surface area contributed by atoms with Gasteiger partial charge in [-0.3, -0.25) is 9.59 Å². The first-order chi connectivity index (χ1) is 13.0. The predicted molar refractivity (Wildman–Crippen MR) is 106 cm³/mol. The molecule has 0 aliphatic carbocycles. The molecule has 1 aromatic carbocycles. The van der Waals surface area contributed by atoms with Crippen molar-refractivity contribution in [2.45, 2.75) is 45.4 Å². The molecule has 0 amide bonds. The Bertz CT molecular complexity index is 627. The zero-order valence-electron chi connectivity index (χ0n) is 16.2. The van der Waals surface area contributed by atoms with Crippen molar-refractivity contribution in [2.24, 2.45) is 5.92 Å². The maximum absolute atomic E-state index is 11.9. The van der Waals surface area contributed by atoms with Crippen LogP contribution in [0.3, 0.4) is 0 Å². The Morgan fingerprint density at radius 1 is 1.26 bits per heavy atom. The number of carbonyl (C=O) groups excluding carboxylic acids is 2. The lowest BCUT2D eigenvalue weighted by molar-refractivity contribution is -0.124. The van der Waals surface area contributed by atoms with Crippen LogP contribution in [0.25, 0.3) is 6.08 Å². The zero-order valence-corrected chi connectivity index (χ0v) is 16.2. The standard InChI is InChI=1S/C21H31NO5/c1-16(14-22-2)6-4-3-5-7-18(24)13-19(25)10-8-17-9-11-20(26)21(12-17)27-15-23/h8-12,16,22-23,26H,3-7,13-15H2,1-2H3. The van der Waals surface area contributed by atoms with E-state index in [0.717, 1.165) is 32.2 Å². The number of ketones is 2. The molecule has 0 bridgehead atoms. The molecule has 0 saturated carbocycles. The molecule has 0 aliphatic rings. The number of hydrogen-bond acceptors (Lipinski definition) is 6. The van der Waals surface area contributed by atoms with Crippen molar-refractivity contribution in [3.63, 3.8) is 0 Å². The van der Waals surface area contributed by atoms with Crippen molar-refractivity contribution in [1.29, 1.82) is 0 Å². The van der Waals surface area contributed by atoms with Crippen LogP contribution >= 0.6 is 0 Å². The van der Waals surface area contributed by atoms with E-state index in [1.807, 2.05) is 7.05 Å². The van der Waals surface area contributed by atoms with Gasteiger partial charge in [0, 0.05) is 6.42 Å². The van der Waals surface area contributed by atoms with Crippen LogP contribution in [0.1, 0.15) is 51.0 Å². The van der Waals surface area contributed by atoms with Crippen molar-refractivity contribution in [3.8, 4) is 11.5 Å². The first-order valence-corrected chi connectivity index (χ1v) is 9.40. The molecule has 0 aromatic heterocycles. The summed E-state index contributed by atoms with van der Waals surface area (Å²) in [6.45, 7) is 2.66. The maximum Gasteiger partial charge on any atom is 0.186 e. The number of phenols is 1. The first-order valence-electron chi connectivity index (χ1n) is 9.40. The molecule has 1 aromatic rings. The quantitative estimate of drug-likeness (QED) is 0.200. The van der Waals surface area contributed by atoms with Crippen LogP contribution in [0.15, 0.2) is 24.3 Å². The van der Waals surface area contributed by atoms with Gasteiger partial charge in [-0.15, -0.1) is 0 Å². The second-order valence-corrected chi connectivity index (χ2v) is 6.78. The van der Waals surface area contributed by atoms with Gasteiger partial charge in [-0.2, -0.15) is 0 Å². The van der Waals surface area contributed by atoms with Crippen molar-refractivity contribution >= 4 is 17.6 Å². The fraction of sp³-hybridized carbons (Fsp3) is 0.524. The Morgan fingerprint density at radius 3 is 2.74 bits per heavy atom. The Kier molecular flexibility index (Phi) is 11.1. The molecule has 1 atom stereocenters. The van der Waals surface area contributed by atoms with Crippen molar-refractivity contribution in [2.75, 3.05) is 20.4 Å². The van der Waals surface area contributed by atoms with E-state index in [2.05, 4.69) is 12.2 Å². The fourth-order valence-corrected chi connectivity index (χ4v) is 2.79. The number of allylic oxidation sites excluding steroid dienone is 1. The van der Waals surface area contributed by atoms with Gasteiger partial charge in [0.2, 0.25) is 0 Å². The molecule has 1 unspecified atom stereocenters. The number of Topliss-reactive ketones (excluding diaryl/α,β-unsaturated/α-hetero) is 1. The Hall–Kier alpha value is -2.18. The third-order valence-corrected chi connectivity index (χ3v) is 4.24. The summed E-state index contributed by atoms with van der Waals surface area (Å²) < 4.78 is 4.87. The van der Waals surface area contributed by atoms with E-state index in [1.54, 1.807) is 12.1 Å². The highest BCUT2D eigenvalue weighted by Gasteiger charge is 2.08. The summed E-state index contributed by atoms with van der Waals surface area (Å²) in [6.07, 6.45) is 7.33. The molecule has 1 rings (SSSR count). The van der Waals surface area contributed by atoms with E-state index in [9.17, 15) is 14.7 Å². The van der Waals surface area contributed by atoms with Crippen molar-refractivity contribution < 1.29 is 24.5 Å². The SMILES string of the molecule is CNCC(C)CCCCCC(=O)CC(=O)C=Cc1ccc(O)c(OCO)c1. The highest BCUT2D eigenvalue weighted by atomic mass is 16.6. The number of carbonyl (C=O) groups is 2. The second kappa shape index (κ2) is 13.1. The number of rotatable bonds is 14. The second-order valence-electron chi connectivity index (χ2n) is 6.78. The lowest BCUT2D eigenvalue weighted by atomic mass is 10.0. The largest absolute Gasteiger partial charge is 0.504 e. The van der Waals surface area contributed by atoms with E-state index in [4.69, 9.17) is 9.84 Å². The Balaban J connectivity index is 2.32. The zero-order chi connectivity index (χ0) is 20.1. The van der Waals surface area contributed by atoms with Crippen LogP contribution in [-0.4, -0.2) is 42.2 Å². The molecular weight excluding hydrogens is 346 g/mol. The van der Waals surface area contributed by atoms with Gasteiger partial charge in [-0.05, 0) is 56.1 Å². The molecule has 0 fully saturated rings. The van der Waals surface area contributed by atoms with E-state index >= 15 is 0 Å². The molecule has 3 N–H and O–H groups in total. The third-order valence-electron chi connectivity index (χ3n) is 4.24. The van der Waals surface area contributed by atoms with Gasteiger partial charge in [0.15, 0.2) is 24.1 Å². The predicted octanol–water partition coefficient (Wildman–Crippen LogP) is 3.07. The normalized spacial score (nSPS) is 12.3. The maximum atomic E-state index is 11.9. The number of aliphatic hydroxyl groups is 1. The highest BCUT2D eigenvalue weighted by Crippen LogP contribution is 2.27. The lowest BCUT2D eigenvalue weighted by Gasteiger charge is -2.09. The number of ether oxygens (including phenoxy) is 1. The number of phenolic OH excluding ortho intramolecular Hbond substituents is 1. The lowest BCUT2D eigenvalue weighted by Crippen LogP contribution is -2.15. The molecule has 0 spiro atoms. The molecule has 6 nitrogen and oxygen atoms in total. The molecule has 0 saturated heterocycles. The topological polar surface area (TPSA) is 95.9 Å². The van der Waals surface area contributed by atoms with Crippen LogP contribution in [0, 0.1) is 5.92 Å². The van der Waals surface area contributed by atoms with Crippen LogP contribution in [0.4, 0.5) is 0 Å². The number of hydrogen-bond donors (Lipinski definition) is 3. The average molecular weight is 377 g/mol. The minimum Gasteiger partial charge on any atom is -0.504 e. The summed E-state index contributed by atoms with van der Waals surface area (Å²) >= 11 is 0. The molecule has 150 valence electrons. The Labute approximate surface area is 161 Å². The fourth-order valence-electron chi connectivity index (χ4n) is 2.79. The summed E-state index contributed by atoms with van der Waals surface area (Å²) in [4.78, 5) is 23.8. The number of benzene rings is 1. The van der Waals surface area contributed by atoms with E-state index in [1.165, 1.54) is 18.2 Å². The minimum atomic E-state index is -0.553.